The minimum Gasteiger partial charge on any atom is -0.481 e. The fourth-order valence-corrected chi connectivity index (χ4v) is 7.06. The number of unbranched alkanes of at least 4 members (excludes halogenated alkanes) is 1. The van der Waals surface area contributed by atoms with Crippen molar-refractivity contribution in [3.63, 3.8) is 0 Å². The summed E-state index contributed by atoms with van der Waals surface area (Å²) < 4.78 is 2.50. The second-order valence-corrected chi connectivity index (χ2v) is 12.6. The van der Waals surface area contributed by atoms with Gasteiger partial charge in [-0.1, -0.05) is 78.9 Å². The Morgan fingerprint density at radius 2 is 1.07 bits per heavy atom. The Balaban J connectivity index is 1.20. The van der Waals surface area contributed by atoms with Gasteiger partial charge in [-0.2, -0.15) is 0 Å². The van der Waals surface area contributed by atoms with E-state index in [9.17, 15) is 19.8 Å². The number of rotatable bonds is 14. The molecule has 3 aliphatic rings. The highest BCUT2D eigenvalue weighted by atomic mass is 16.4. The second kappa shape index (κ2) is 13.2. The zero-order valence-corrected chi connectivity index (χ0v) is 24.5. The van der Waals surface area contributed by atoms with Crippen molar-refractivity contribution in [1.29, 1.82) is 0 Å². The number of aliphatic carboxylic acids is 2. The number of fused-ring (bicyclic) bond motifs is 3. The van der Waals surface area contributed by atoms with Gasteiger partial charge in [-0.15, -0.1) is 0 Å². The molecule has 3 aliphatic heterocycles. The molecule has 3 heterocycles. The number of hydrogen-bond acceptors (Lipinski definition) is 3. The third kappa shape index (κ3) is 7.09. The highest BCUT2D eigenvalue weighted by Gasteiger charge is 2.48. The molecule has 3 fully saturated rings. The van der Waals surface area contributed by atoms with Crippen LogP contribution in [0.1, 0.15) is 29.5 Å². The minimum atomic E-state index is -1.08. The van der Waals surface area contributed by atoms with Crippen molar-refractivity contribution < 1.29 is 28.8 Å². The summed E-state index contributed by atoms with van der Waals surface area (Å²) in [5.41, 5.74) is 10.9. The third-order valence-corrected chi connectivity index (χ3v) is 9.87. The first kappa shape index (κ1) is 30.0. The molecule has 2 bridgehead atoms. The molecule has 7 nitrogen and oxygen atoms in total. The Kier molecular flexibility index (Phi) is 9.41. The minimum absolute atomic E-state index is 0.172. The summed E-state index contributed by atoms with van der Waals surface area (Å²) in [6.45, 7) is 10.8. The van der Waals surface area contributed by atoms with Crippen LogP contribution in [0.4, 0.5) is 0 Å². The van der Waals surface area contributed by atoms with Crippen LogP contribution in [-0.4, -0.2) is 83.5 Å². The number of piperazine rings is 3. The van der Waals surface area contributed by atoms with Crippen LogP contribution < -0.4 is 5.73 Å². The zero-order valence-electron chi connectivity index (χ0n) is 24.5. The quantitative estimate of drug-likeness (QED) is 0.196. The van der Waals surface area contributed by atoms with Gasteiger partial charge in [0.2, 0.25) is 0 Å². The van der Waals surface area contributed by atoms with Gasteiger partial charge in [0.05, 0.1) is 18.4 Å². The molecule has 6 rings (SSSR count). The van der Waals surface area contributed by atoms with Crippen molar-refractivity contribution in [3.8, 4) is 11.1 Å². The summed E-state index contributed by atoms with van der Waals surface area (Å²) in [6, 6.07) is 26.0. The van der Waals surface area contributed by atoms with Crippen LogP contribution in [-0.2, 0) is 29.0 Å². The molecule has 0 unspecified atom stereocenters. The van der Waals surface area contributed by atoms with Crippen LogP contribution >= 0.6 is 0 Å². The van der Waals surface area contributed by atoms with Gasteiger partial charge in [-0.05, 0) is 54.5 Å². The molecule has 0 aliphatic carbocycles. The van der Waals surface area contributed by atoms with Crippen molar-refractivity contribution in [1.82, 2.24) is 0 Å². The predicted molar refractivity (Wildman–Crippen MR) is 165 cm³/mol. The highest BCUT2D eigenvalue weighted by Crippen LogP contribution is 2.31. The monoisotopic (exact) mass is 571 g/mol. The first-order valence-corrected chi connectivity index (χ1v) is 15.4. The van der Waals surface area contributed by atoms with Crippen LogP contribution in [0, 0.1) is 11.8 Å². The maximum atomic E-state index is 12.1. The van der Waals surface area contributed by atoms with Crippen molar-refractivity contribution in [3.05, 3.63) is 95.6 Å². The molecule has 0 amide bonds. The maximum Gasteiger partial charge on any atom is 0.307 e. The third-order valence-electron chi connectivity index (χ3n) is 9.87. The van der Waals surface area contributed by atoms with E-state index >= 15 is 0 Å². The summed E-state index contributed by atoms with van der Waals surface area (Å²) in [7, 11) is 0. The summed E-state index contributed by atoms with van der Waals surface area (Å²) in [6.07, 6.45) is 2.74. The lowest BCUT2D eigenvalue weighted by Crippen LogP contribution is -2.74. The molecule has 0 saturated carbocycles. The molecule has 3 aromatic rings. The number of carboxylic acid groups (broad SMARTS) is 2. The molecule has 0 radical (unpaired) electrons. The average Bonchev–Trinajstić information content (AvgIpc) is 3.01. The van der Waals surface area contributed by atoms with E-state index in [2.05, 4.69) is 24.3 Å². The lowest BCUT2D eigenvalue weighted by Gasteiger charge is -2.55. The lowest BCUT2D eigenvalue weighted by molar-refractivity contribution is -1.09. The molecule has 2 atom stereocenters. The Morgan fingerprint density at radius 3 is 1.55 bits per heavy atom. The molecule has 7 heteroatoms. The van der Waals surface area contributed by atoms with Crippen molar-refractivity contribution >= 4 is 11.9 Å². The molecule has 222 valence electrons. The van der Waals surface area contributed by atoms with E-state index in [1.54, 1.807) is 0 Å². The summed E-state index contributed by atoms with van der Waals surface area (Å²) >= 11 is 0. The second-order valence-electron chi connectivity index (χ2n) is 12.6. The van der Waals surface area contributed by atoms with Gasteiger partial charge in [-0.25, -0.2) is 0 Å². The smallest absolute Gasteiger partial charge is 0.307 e. The first-order valence-electron chi connectivity index (χ1n) is 15.4. The average molecular weight is 572 g/mol. The van der Waals surface area contributed by atoms with Gasteiger partial charge < -0.3 is 24.9 Å². The molecular weight excluding hydrogens is 526 g/mol. The van der Waals surface area contributed by atoms with Gasteiger partial charge in [0.1, 0.15) is 45.8 Å². The molecule has 4 N–H and O–H groups in total. The Hall–Kier alpha value is -3.52. The predicted octanol–water partition coefficient (Wildman–Crippen LogP) is 4.44. The molecule has 42 heavy (non-hydrogen) atoms. The Morgan fingerprint density at radius 1 is 0.619 bits per heavy atom. The Bertz CT molecular complexity index is 1320. The van der Waals surface area contributed by atoms with Crippen molar-refractivity contribution in [2.45, 2.75) is 32.2 Å². The van der Waals surface area contributed by atoms with Crippen LogP contribution in [0.25, 0.3) is 11.1 Å². The van der Waals surface area contributed by atoms with Gasteiger partial charge >= 0.3 is 11.9 Å². The topological polar surface area (TPSA) is 101 Å². The molecule has 0 spiro atoms. The lowest BCUT2D eigenvalue weighted by atomic mass is 9.82. The fraction of sp³-hybridized carbons (Fsp3) is 0.429. The zero-order chi connectivity index (χ0) is 29.6. The van der Waals surface area contributed by atoms with Gasteiger partial charge in [-0.3, -0.25) is 9.59 Å². The molecule has 0 aromatic heterocycles. The van der Waals surface area contributed by atoms with E-state index in [4.69, 9.17) is 5.73 Å². The van der Waals surface area contributed by atoms with E-state index < -0.39 is 23.8 Å². The van der Waals surface area contributed by atoms with Gasteiger partial charge in [0.15, 0.2) is 0 Å². The van der Waals surface area contributed by atoms with E-state index in [1.165, 1.54) is 66.8 Å². The van der Waals surface area contributed by atoms with Gasteiger partial charge in [0, 0.05) is 5.56 Å². The number of hydrogen-bond donors (Lipinski definition) is 3. The number of carboxylic acids is 2. The summed E-state index contributed by atoms with van der Waals surface area (Å²) in [5, 5.41) is 19.8. The summed E-state index contributed by atoms with van der Waals surface area (Å²) in [4.78, 5) is 24.2. The van der Waals surface area contributed by atoms with Crippen LogP contribution in [0.15, 0.2) is 78.9 Å². The van der Waals surface area contributed by atoms with Crippen molar-refractivity contribution in [2.24, 2.45) is 17.6 Å². The van der Waals surface area contributed by atoms with E-state index in [0.717, 1.165) is 41.8 Å². The molecule has 3 aromatic carbocycles. The van der Waals surface area contributed by atoms with E-state index in [1.807, 2.05) is 54.6 Å². The number of benzene rings is 3. The number of nitrogens with zero attached hydrogens (tertiary/aromatic N) is 2. The summed E-state index contributed by atoms with van der Waals surface area (Å²) in [5.74, 6) is -4.18. The molecule has 3 saturated heterocycles. The van der Waals surface area contributed by atoms with Gasteiger partial charge in [0.25, 0.3) is 0 Å². The SMILES string of the molecule is NCCCC[N+]12CC[N+](Cc3ccc(-c4ccc(C[C@H](C(=O)O)[C@H](Cc5ccccc5)C(=O)O)cc4)cc3)(CC1)CC2. The van der Waals surface area contributed by atoms with Crippen LogP contribution in [0.3, 0.4) is 0 Å². The number of quaternary nitrogens is 2. The number of carbonyl (C=O) groups is 2. The first-order chi connectivity index (χ1) is 20.3. The number of nitrogens with two attached hydrogens (primary N) is 1. The fourth-order valence-electron chi connectivity index (χ4n) is 7.06. The van der Waals surface area contributed by atoms with Crippen LogP contribution in [0.2, 0.25) is 0 Å². The standard InChI is InChI=1S/C35H43N3O4/c36-16-4-5-17-37-18-21-38(22-19-37,23-20-37)26-29-10-14-31(15-11-29)30-12-8-28(9-13-30)25-33(35(41)42)32(34(39)40)24-27-6-2-1-3-7-27/h1-3,6-15,32-33H,4-5,16-26,36H2/p+2/t32-,33-,37?,38?/m0/s1. The van der Waals surface area contributed by atoms with E-state index in [0.29, 0.717) is 0 Å². The largest absolute Gasteiger partial charge is 0.481 e. The Labute approximate surface area is 249 Å². The maximum absolute atomic E-state index is 12.1. The normalized spacial score (nSPS) is 22.9. The highest BCUT2D eigenvalue weighted by molar-refractivity contribution is 5.80. The molecular formula is C35H45N3O4+2. The van der Waals surface area contributed by atoms with E-state index in [-0.39, 0.29) is 12.8 Å². The van der Waals surface area contributed by atoms with Crippen LogP contribution in [0.5, 0.6) is 0 Å². The van der Waals surface area contributed by atoms with Crippen molar-refractivity contribution in [2.75, 3.05) is 52.4 Å².